The van der Waals surface area contributed by atoms with Crippen LogP contribution in [0, 0.1) is 0 Å². The molecule has 3 atom stereocenters. The second-order valence-corrected chi connectivity index (χ2v) is 9.96. The fourth-order valence-electron chi connectivity index (χ4n) is 5.39. The van der Waals surface area contributed by atoms with Crippen LogP contribution < -0.4 is 14.2 Å². The SMILES string of the molecule is CC1=C(c2cccc(OC3CCCCO3)c2)C(c2ccccc2)Oc2ccc(OC3CCCCO3)cc21. The zero-order chi connectivity index (χ0) is 25.0. The van der Waals surface area contributed by atoms with E-state index in [0.717, 1.165) is 96.8 Å². The minimum atomic E-state index is -0.233. The van der Waals surface area contributed by atoms with Crippen LogP contribution in [0.15, 0.2) is 72.8 Å². The van der Waals surface area contributed by atoms with E-state index in [4.69, 9.17) is 23.7 Å². The van der Waals surface area contributed by atoms with E-state index in [-0.39, 0.29) is 18.7 Å². The molecule has 37 heavy (non-hydrogen) atoms. The first kappa shape index (κ1) is 24.1. The summed E-state index contributed by atoms with van der Waals surface area (Å²) in [6, 6.07) is 24.8. The third-order valence-corrected chi connectivity index (χ3v) is 7.32. The second kappa shape index (κ2) is 11.0. The number of benzene rings is 3. The topological polar surface area (TPSA) is 46.2 Å². The van der Waals surface area contributed by atoms with E-state index in [1.165, 1.54) is 0 Å². The molecular weight excluding hydrogens is 464 g/mol. The van der Waals surface area contributed by atoms with E-state index >= 15 is 0 Å². The number of rotatable bonds is 6. The maximum absolute atomic E-state index is 6.68. The Labute approximate surface area is 219 Å². The zero-order valence-electron chi connectivity index (χ0n) is 21.4. The highest BCUT2D eigenvalue weighted by Crippen LogP contribution is 2.48. The van der Waals surface area contributed by atoms with Gasteiger partial charge in [-0.05, 0) is 79.6 Å². The Balaban J connectivity index is 1.37. The van der Waals surface area contributed by atoms with Crippen molar-refractivity contribution in [1.29, 1.82) is 0 Å². The molecule has 0 aromatic heterocycles. The molecule has 0 saturated carbocycles. The van der Waals surface area contributed by atoms with Crippen LogP contribution in [0.25, 0.3) is 11.1 Å². The van der Waals surface area contributed by atoms with Crippen LogP contribution in [0.5, 0.6) is 17.2 Å². The highest BCUT2D eigenvalue weighted by Gasteiger charge is 2.30. The van der Waals surface area contributed by atoms with Gasteiger partial charge in [-0.15, -0.1) is 0 Å². The van der Waals surface area contributed by atoms with Crippen molar-refractivity contribution in [3.63, 3.8) is 0 Å². The van der Waals surface area contributed by atoms with Gasteiger partial charge in [-0.25, -0.2) is 0 Å². The quantitative estimate of drug-likeness (QED) is 0.351. The Bertz CT molecular complexity index is 1240. The van der Waals surface area contributed by atoms with Gasteiger partial charge in [-0.3, -0.25) is 0 Å². The third-order valence-electron chi connectivity index (χ3n) is 7.32. The van der Waals surface area contributed by atoms with Crippen molar-refractivity contribution in [2.45, 2.75) is 64.1 Å². The number of fused-ring (bicyclic) bond motifs is 1. The van der Waals surface area contributed by atoms with Crippen LogP contribution in [0.3, 0.4) is 0 Å². The highest BCUT2D eigenvalue weighted by molar-refractivity contribution is 5.95. The Kier molecular flexibility index (Phi) is 7.16. The lowest BCUT2D eigenvalue weighted by Crippen LogP contribution is -2.25. The summed E-state index contributed by atoms with van der Waals surface area (Å²) in [4.78, 5) is 0. The maximum atomic E-state index is 6.68. The summed E-state index contributed by atoms with van der Waals surface area (Å²) in [5.41, 5.74) is 5.51. The van der Waals surface area contributed by atoms with Crippen LogP contribution in [-0.4, -0.2) is 25.8 Å². The van der Waals surface area contributed by atoms with E-state index < -0.39 is 0 Å². The van der Waals surface area contributed by atoms with Crippen molar-refractivity contribution in [3.8, 4) is 17.2 Å². The molecule has 3 aliphatic rings. The Morgan fingerprint density at radius 3 is 2.08 bits per heavy atom. The average Bonchev–Trinajstić information content (AvgIpc) is 2.95. The molecule has 192 valence electrons. The van der Waals surface area contributed by atoms with E-state index in [1.54, 1.807) is 0 Å². The number of ether oxygens (including phenoxy) is 5. The summed E-state index contributed by atoms with van der Waals surface area (Å²) in [7, 11) is 0. The van der Waals surface area contributed by atoms with E-state index in [2.05, 4.69) is 49.4 Å². The molecule has 0 bridgehead atoms. The molecule has 0 aliphatic carbocycles. The van der Waals surface area contributed by atoms with Gasteiger partial charge in [0.25, 0.3) is 0 Å². The fourth-order valence-corrected chi connectivity index (χ4v) is 5.39. The van der Waals surface area contributed by atoms with Gasteiger partial charge in [0.05, 0.1) is 13.2 Å². The zero-order valence-corrected chi connectivity index (χ0v) is 21.4. The summed E-state index contributed by atoms with van der Waals surface area (Å²) in [6.07, 6.45) is 5.69. The lowest BCUT2D eigenvalue weighted by atomic mass is 9.86. The smallest absolute Gasteiger partial charge is 0.199 e. The number of hydrogen-bond donors (Lipinski definition) is 0. The van der Waals surface area contributed by atoms with Crippen LogP contribution in [0.2, 0.25) is 0 Å². The van der Waals surface area contributed by atoms with Gasteiger partial charge in [0.15, 0.2) is 12.6 Å². The molecule has 0 N–H and O–H groups in total. The summed E-state index contributed by atoms with van der Waals surface area (Å²) >= 11 is 0. The standard InChI is InChI=1S/C32H34O5/c1-22-27-21-26(36-30-15-6-8-19-34-30)16-17-28(27)37-32(23-10-3-2-4-11-23)31(22)24-12-9-13-25(20-24)35-29-14-5-7-18-33-29/h2-4,9-13,16-17,20-21,29-30,32H,5-8,14-15,18-19H2,1H3. The second-order valence-electron chi connectivity index (χ2n) is 9.96. The lowest BCUT2D eigenvalue weighted by molar-refractivity contribution is -0.106. The van der Waals surface area contributed by atoms with Gasteiger partial charge in [0.1, 0.15) is 23.4 Å². The molecule has 3 unspecified atom stereocenters. The third kappa shape index (κ3) is 5.39. The normalized spacial score (nSPS) is 23.6. The van der Waals surface area contributed by atoms with Crippen molar-refractivity contribution in [1.82, 2.24) is 0 Å². The van der Waals surface area contributed by atoms with Crippen LogP contribution in [0.1, 0.15) is 68.2 Å². The first-order chi connectivity index (χ1) is 18.2. The van der Waals surface area contributed by atoms with Crippen LogP contribution >= 0.6 is 0 Å². The minimum Gasteiger partial charge on any atom is -0.480 e. The summed E-state index contributed by atoms with van der Waals surface area (Å²) in [6.45, 7) is 3.68. The summed E-state index contributed by atoms with van der Waals surface area (Å²) < 4.78 is 30.7. The minimum absolute atomic E-state index is 0.186. The van der Waals surface area contributed by atoms with Gasteiger partial charge >= 0.3 is 0 Å². The maximum Gasteiger partial charge on any atom is 0.199 e. The molecule has 2 saturated heterocycles. The molecule has 6 rings (SSSR count). The van der Waals surface area contributed by atoms with Gasteiger partial charge in [-0.2, -0.15) is 0 Å². The molecule has 5 heteroatoms. The highest BCUT2D eigenvalue weighted by atomic mass is 16.7. The average molecular weight is 499 g/mol. The molecule has 3 aromatic carbocycles. The van der Waals surface area contributed by atoms with Gasteiger partial charge in [-0.1, -0.05) is 42.5 Å². The van der Waals surface area contributed by atoms with Crippen molar-refractivity contribution in [2.24, 2.45) is 0 Å². The van der Waals surface area contributed by atoms with E-state index in [9.17, 15) is 0 Å². The van der Waals surface area contributed by atoms with Crippen molar-refractivity contribution in [2.75, 3.05) is 13.2 Å². The molecule has 3 aromatic rings. The van der Waals surface area contributed by atoms with Crippen molar-refractivity contribution >= 4 is 11.1 Å². The Morgan fingerprint density at radius 2 is 1.41 bits per heavy atom. The largest absolute Gasteiger partial charge is 0.480 e. The molecule has 0 spiro atoms. The molecule has 3 heterocycles. The van der Waals surface area contributed by atoms with E-state index in [0.29, 0.717) is 0 Å². The lowest BCUT2D eigenvalue weighted by Gasteiger charge is -2.32. The molecule has 2 fully saturated rings. The Hall–Kier alpha value is -3.28. The fraction of sp³-hybridized carbons (Fsp3) is 0.375. The van der Waals surface area contributed by atoms with E-state index in [1.807, 2.05) is 30.3 Å². The number of hydrogen-bond acceptors (Lipinski definition) is 5. The molecular formula is C32H34O5. The Morgan fingerprint density at radius 1 is 0.703 bits per heavy atom. The summed E-state index contributed by atoms with van der Waals surface area (Å²) in [5.74, 6) is 2.47. The summed E-state index contributed by atoms with van der Waals surface area (Å²) in [5, 5.41) is 0. The molecule has 0 amide bonds. The first-order valence-electron chi connectivity index (χ1n) is 13.5. The molecule has 0 radical (unpaired) electrons. The molecule has 3 aliphatic heterocycles. The van der Waals surface area contributed by atoms with Gasteiger partial charge in [0, 0.05) is 24.0 Å². The van der Waals surface area contributed by atoms with Crippen LogP contribution in [-0.2, 0) is 9.47 Å². The van der Waals surface area contributed by atoms with Crippen molar-refractivity contribution < 1.29 is 23.7 Å². The van der Waals surface area contributed by atoms with Crippen molar-refractivity contribution in [3.05, 3.63) is 89.5 Å². The monoisotopic (exact) mass is 498 g/mol. The van der Waals surface area contributed by atoms with Crippen LogP contribution in [0.4, 0.5) is 0 Å². The first-order valence-corrected chi connectivity index (χ1v) is 13.5. The van der Waals surface area contributed by atoms with Gasteiger partial charge < -0.3 is 23.7 Å². The number of allylic oxidation sites excluding steroid dienone is 1. The van der Waals surface area contributed by atoms with Gasteiger partial charge in [0.2, 0.25) is 0 Å². The predicted molar refractivity (Wildman–Crippen MR) is 144 cm³/mol. The predicted octanol–water partition coefficient (Wildman–Crippen LogP) is 7.56. The molecule has 5 nitrogen and oxygen atoms in total.